The number of carboxylic acids is 1. The van der Waals surface area contributed by atoms with Crippen LogP contribution in [0.1, 0.15) is 18.9 Å². The maximum atomic E-state index is 10.4. The van der Waals surface area contributed by atoms with Crippen LogP contribution in [0.25, 0.3) is 6.08 Å². The number of hydrogen-bond donors (Lipinski definition) is 1. The Kier molecular flexibility index (Phi) is 5.01. The second-order valence-corrected chi connectivity index (χ2v) is 3.64. The number of rotatable bonds is 6. The van der Waals surface area contributed by atoms with E-state index in [4.69, 9.17) is 9.84 Å². The van der Waals surface area contributed by atoms with Crippen LogP contribution in [0, 0.1) is 0 Å². The molecule has 3 nitrogen and oxygen atoms in total. The highest BCUT2D eigenvalue weighted by molar-refractivity contribution is 5.85. The lowest BCUT2D eigenvalue weighted by atomic mass is 10.2. The van der Waals surface area contributed by atoms with Gasteiger partial charge in [0.1, 0.15) is 12.4 Å². The first-order valence-corrected chi connectivity index (χ1v) is 5.42. The van der Waals surface area contributed by atoms with Crippen molar-refractivity contribution in [1.82, 2.24) is 0 Å². The van der Waals surface area contributed by atoms with Gasteiger partial charge in [-0.15, -0.1) is 0 Å². The maximum Gasteiger partial charge on any atom is 0.328 e. The lowest BCUT2D eigenvalue weighted by Gasteiger charge is -2.07. The molecular formula is C14H16O3. The fourth-order valence-corrected chi connectivity index (χ4v) is 1.16. The Bertz CT molecular complexity index is 433. The maximum absolute atomic E-state index is 10.4. The molecule has 1 rings (SSSR count). The summed E-state index contributed by atoms with van der Waals surface area (Å²) in [5, 5.41) is 8.52. The molecule has 90 valence electrons. The third kappa shape index (κ3) is 5.02. The van der Waals surface area contributed by atoms with Crippen molar-refractivity contribution in [2.24, 2.45) is 0 Å². The quantitative estimate of drug-likeness (QED) is 0.605. The monoisotopic (exact) mass is 232 g/mol. The molecule has 0 aliphatic heterocycles. The van der Waals surface area contributed by atoms with E-state index in [9.17, 15) is 4.79 Å². The molecule has 0 saturated heterocycles. The van der Waals surface area contributed by atoms with Crippen molar-refractivity contribution >= 4 is 12.0 Å². The van der Waals surface area contributed by atoms with E-state index < -0.39 is 5.97 Å². The summed E-state index contributed by atoms with van der Waals surface area (Å²) in [6.45, 7) is 6.37. The first-order valence-electron chi connectivity index (χ1n) is 5.42. The number of hydrogen-bond acceptors (Lipinski definition) is 2. The van der Waals surface area contributed by atoms with Gasteiger partial charge in [0.25, 0.3) is 0 Å². The lowest BCUT2D eigenvalue weighted by molar-refractivity contribution is -0.131. The van der Waals surface area contributed by atoms with E-state index in [0.717, 1.165) is 23.6 Å². The van der Waals surface area contributed by atoms with Crippen LogP contribution in [0.15, 0.2) is 42.5 Å². The molecule has 0 fully saturated rings. The van der Waals surface area contributed by atoms with Crippen molar-refractivity contribution < 1.29 is 14.6 Å². The Balaban J connectivity index is 2.65. The van der Waals surface area contributed by atoms with Gasteiger partial charge in [-0.25, -0.2) is 4.79 Å². The van der Waals surface area contributed by atoms with Gasteiger partial charge in [-0.1, -0.05) is 25.6 Å². The van der Waals surface area contributed by atoms with Crippen molar-refractivity contribution in [3.8, 4) is 5.75 Å². The standard InChI is InChI=1S/C14H16O3/c1-3-11(2)10-17-13-6-4-5-12(9-13)7-8-14(15)16/h4-9H,2-3,10H2,1H3,(H,15,16). The Labute approximate surface area is 101 Å². The van der Waals surface area contributed by atoms with Crippen LogP contribution in [0.3, 0.4) is 0 Å². The van der Waals surface area contributed by atoms with Gasteiger partial charge in [0.15, 0.2) is 0 Å². The first kappa shape index (κ1) is 13.0. The second kappa shape index (κ2) is 6.53. The molecule has 1 aromatic carbocycles. The summed E-state index contributed by atoms with van der Waals surface area (Å²) in [4.78, 5) is 10.4. The van der Waals surface area contributed by atoms with Crippen LogP contribution in [0.4, 0.5) is 0 Å². The van der Waals surface area contributed by atoms with Crippen LogP contribution in [-0.4, -0.2) is 17.7 Å². The molecule has 0 atom stereocenters. The molecular weight excluding hydrogens is 216 g/mol. The molecule has 1 aromatic rings. The molecule has 0 aromatic heterocycles. The minimum atomic E-state index is -0.962. The molecule has 0 unspecified atom stereocenters. The predicted octanol–water partition coefficient (Wildman–Crippen LogP) is 3.13. The van der Waals surface area contributed by atoms with E-state index in [-0.39, 0.29) is 0 Å². The average molecular weight is 232 g/mol. The number of aliphatic carboxylic acids is 1. The zero-order valence-electron chi connectivity index (χ0n) is 9.85. The Morgan fingerprint density at radius 3 is 2.94 bits per heavy atom. The van der Waals surface area contributed by atoms with Gasteiger partial charge in [-0.3, -0.25) is 0 Å². The van der Waals surface area contributed by atoms with Gasteiger partial charge in [-0.2, -0.15) is 0 Å². The molecule has 0 aliphatic rings. The molecule has 0 radical (unpaired) electrons. The minimum Gasteiger partial charge on any atom is -0.489 e. The summed E-state index contributed by atoms with van der Waals surface area (Å²) in [6, 6.07) is 7.27. The molecule has 0 amide bonds. The zero-order chi connectivity index (χ0) is 12.7. The highest BCUT2D eigenvalue weighted by atomic mass is 16.5. The van der Waals surface area contributed by atoms with Gasteiger partial charge in [0.05, 0.1) is 0 Å². The summed E-state index contributed by atoms with van der Waals surface area (Å²) < 4.78 is 5.53. The van der Waals surface area contributed by atoms with Gasteiger partial charge < -0.3 is 9.84 Å². The van der Waals surface area contributed by atoms with E-state index in [1.165, 1.54) is 6.08 Å². The molecule has 0 aliphatic carbocycles. The van der Waals surface area contributed by atoms with Crippen molar-refractivity contribution in [2.45, 2.75) is 13.3 Å². The third-order valence-electron chi connectivity index (χ3n) is 2.22. The van der Waals surface area contributed by atoms with E-state index in [2.05, 4.69) is 6.58 Å². The van der Waals surface area contributed by atoms with E-state index in [1.54, 1.807) is 6.07 Å². The van der Waals surface area contributed by atoms with Gasteiger partial charge in [0, 0.05) is 6.08 Å². The SMILES string of the molecule is C=C(CC)COc1cccc(C=CC(=O)O)c1. The highest BCUT2D eigenvalue weighted by Crippen LogP contribution is 2.15. The van der Waals surface area contributed by atoms with Crippen LogP contribution in [0.2, 0.25) is 0 Å². The Hall–Kier alpha value is -2.03. The largest absolute Gasteiger partial charge is 0.489 e. The Morgan fingerprint density at radius 2 is 2.29 bits per heavy atom. The molecule has 0 heterocycles. The molecule has 3 heteroatoms. The molecule has 17 heavy (non-hydrogen) atoms. The molecule has 0 saturated carbocycles. The van der Waals surface area contributed by atoms with Crippen LogP contribution >= 0.6 is 0 Å². The van der Waals surface area contributed by atoms with E-state index in [0.29, 0.717) is 12.4 Å². The normalized spacial score (nSPS) is 10.4. The van der Waals surface area contributed by atoms with Crippen LogP contribution in [-0.2, 0) is 4.79 Å². The van der Waals surface area contributed by atoms with Crippen molar-refractivity contribution in [3.63, 3.8) is 0 Å². The molecule has 0 bridgehead atoms. The zero-order valence-corrected chi connectivity index (χ0v) is 9.85. The summed E-state index contributed by atoms with van der Waals surface area (Å²) in [7, 11) is 0. The van der Waals surface area contributed by atoms with Gasteiger partial charge in [-0.05, 0) is 35.8 Å². The van der Waals surface area contributed by atoms with Gasteiger partial charge in [0.2, 0.25) is 0 Å². The number of ether oxygens (including phenoxy) is 1. The Morgan fingerprint density at radius 1 is 1.53 bits per heavy atom. The van der Waals surface area contributed by atoms with E-state index in [1.807, 2.05) is 25.1 Å². The third-order valence-corrected chi connectivity index (χ3v) is 2.22. The molecule has 1 N–H and O–H groups in total. The lowest BCUT2D eigenvalue weighted by Crippen LogP contribution is -1.99. The summed E-state index contributed by atoms with van der Waals surface area (Å²) in [5.41, 5.74) is 1.82. The number of carboxylic acid groups (broad SMARTS) is 1. The predicted molar refractivity (Wildman–Crippen MR) is 68.0 cm³/mol. The topological polar surface area (TPSA) is 46.5 Å². The molecule has 0 spiro atoms. The van der Waals surface area contributed by atoms with Crippen molar-refractivity contribution in [2.75, 3.05) is 6.61 Å². The second-order valence-electron chi connectivity index (χ2n) is 3.64. The fourth-order valence-electron chi connectivity index (χ4n) is 1.16. The summed E-state index contributed by atoms with van der Waals surface area (Å²) >= 11 is 0. The highest BCUT2D eigenvalue weighted by Gasteiger charge is 1.96. The number of benzene rings is 1. The summed E-state index contributed by atoms with van der Waals surface area (Å²) in [6.07, 6.45) is 3.52. The van der Waals surface area contributed by atoms with Gasteiger partial charge >= 0.3 is 5.97 Å². The first-order chi connectivity index (χ1) is 8.11. The average Bonchev–Trinajstić information content (AvgIpc) is 2.34. The number of carbonyl (C=O) groups is 1. The summed E-state index contributed by atoms with van der Waals surface area (Å²) in [5.74, 6) is -0.247. The minimum absolute atomic E-state index is 0.489. The van der Waals surface area contributed by atoms with E-state index >= 15 is 0 Å². The van der Waals surface area contributed by atoms with Crippen molar-refractivity contribution in [1.29, 1.82) is 0 Å². The van der Waals surface area contributed by atoms with Crippen molar-refractivity contribution in [3.05, 3.63) is 48.1 Å². The smallest absolute Gasteiger partial charge is 0.328 e. The fraction of sp³-hybridized carbons (Fsp3) is 0.214. The van der Waals surface area contributed by atoms with Crippen LogP contribution in [0.5, 0.6) is 5.75 Å². The van der Waals surface area contributed by atoms with Crippen LogP contribution < -0.4 is 4.74 Å².